The number of ether oxygens (including phenoxy) is 2. The average Bonchev–Trinajstić information content (AvgIpc) is 2.80. The fourth-order valence-electron chi connectivity index (χ4n) is 3.17. The molecule has 3 rings (SSSR count). The number of halogens is 3. The fraction of sp³-hybridized carbons (Fsp3) is 0.250. The largest absolute Gasteiger partial charge is 0.497 e. The number of alkyl halides is 2. The Hall–Kier alpha value is -3.75. The topological polar surface area (TPSA) is 84.9 Å². The lowest BCUT2D eigenvalue weighted by atomic mass is 9.97. The standard InChI is InChI=1S/C24H22F3NO5/c1-4-23(2,22(30)31)28-21(29)18-13-19(25)16-7-5-6-8-17(16)20(18)33-24(26,27)14-9-11-15(32-3)12-10-14/h5-13H,4H2,1-3H3,(H,28,29)(H,30,31). The summed E-state index contributed by atoms with van der Waals surface area (Å²) in [5.74, 6) is -3.45. The summed E-state index contributed by atoms with van der Waals surface area (Å²) in [4.78, 5) is 24.6. The number of methoxy groups -OCH3 is 1. The zero-order valence-corrected chi connectivity index (χ0v) is 18.1. The summed E-state index contributed by atoms with van der Waals surface area (Å²) in [5, 5.41) is 11.6. The van der Waals surface area contributed by atoms with Crippen LogP contribution in [0.5, 0.6) is 11.5 Å². The monoisotopic (exact) mass is 461 g/mol. The van der Waals surface area contributed by atoms with E-state index in [2.05, 4.69) is 5.32 Å². The number of carboxylic acids is 1. The number of carbonyl (C=O) groups excluding carboxylic acids is 1. The molecule has 0 aliphatic rings. The molecule has 0 radical (unpaired) electrons. The Kier molecular flexibility index (Phi) is 6.53. The molecule has 0 aliphatic heterocycles. The van der Waals surface area contributed by atoms with E-state index in [1.165, 1.54) is 57.4 Å². The number of aliphatic carboxylic acids is 1. The SMILES string of the molecule is CCC(C)(NC(=O)c1cc(F)c2ccccc2c1OC(F)(F)c1ccc(OC)cc1)C(=O)O. The fourth-order valence-corrected chi connectivity index (χ4v) is 3.17. The highest BCUT2D eigenvalue weighted by Gasteiger charge is 2.39. The Morgan fingerprint density at radius 1 is 1.06 bits per heavy atom. The molecule has 3 aromatic carbocycles. The molecule has 1 unspecified atom stereocenters. The second-order valence-electron chi connectivity index (χ2n) is 7.57. The Morgan fingerprint density at radius 2 is 1.67 bits per heavy atom. The predicted molar refractivity (Wildman–Crippen MR) is 115 cm³/mol. The number of carbonyl (C=O) groups is 2. The minimum Gasteiger partial charge on any atom is -0.497 e. The van der Waals surface area contributed by atoms with Crippen LogP contribution in [0.1, 0.15) is 36.2 Å². The van der Waals surface area contributed by atoms with E-state index in [0.717, 1.165) is 18.2 Å². The third kappa shape index (κ3) is 4.72. The number of fused-ring (bicyclic) bond motifs is 1. The number of hydrogen-bond donors (Lipinski definition) is 2. The van der Waals surface area contributed by atoms with Crippen LogP contribution in [0.2, 0.25) is 0 Å². The third-order valence-corrected chi connectivity index (χ3v) is 5.41. The summed E-state index contributed by atoms with van der Waals surface area (Å²) in [6, 6.07) is 11.3. The van der Waals surface area contributed by atoms with Gasteiger partial charge in [-0.25, -0.2) is 9.18 Å². The van der Waals surface area contributed by atoms with Gasteiger partial charge in [0.1, 0.15) is 22.9 Å². The molecule has 1 atom stereocenters. The van der Waals surface area contributed by atoms with Gasteiger partial charge in [-0.05, 0) is 43.7 Å². The summed E-state index contributed by atoms with van der Waals surface area (Å²) >= 11 is 0. The molecule has 33 heavy (non-hydrogen) atoms. The van der Waals surface area contributed by atoms with Crippen molar-refractivity contribution in [1.82, 2.24) is 5.32 Å². The average molecular weight is 461 g/mol. The lowest BCUT2D eigenvalue weighted by Crippen LogP contribution is -2.51. The first kappa shape index (κ1) is 23.9. The first-order valence-electron chi connectivity index (χ1n) is 10.0. The molecule has 0 spiro atoms. The minimum atomic E-state index is -3.90. The number of rotatable bonds is 8. The Balaban J connectivity index is 2.13. The van der Waals surface area contributed by atoms with Gasteiger partial charge in [0.15, 0.2) is 0 Å². The number of nitrogens with one attached hydrogen (secondary N) is 1. The van der Waals surface area contributed by atoms with E-state index >= 15 is 8.78 Å². The molecule has 0 saturated carbocycles. The summed E-state index contributed by atoms with van der Waals surface area (Å²) in [6.07, 6.45) is -3.90. The van der Waals surface area contributed by atoms with Gasteiger partial charge in [-0.3, -0.25) is 4.79 Å². The first-order valence-corrected chi connectivity index (χ1v) is 10.0. The first-order chi connectivity index (χ1) is 15.5. The van der Waals surface area contributed by atoms with Gasteiger partial charge in [0, 0.05) is 10.8 Å². The maximum absolute atomic E-state index is 15.1. The molecule has 6 nitrogen and oxygen atoms in total. The molecule has 0 saturated heterocycles. The van der Waals surface area contributed by atoms with Crippen molar-refractivity contribution < 1.29 is 37.3 Å². The van der Waals surface area contributed by atoms with Crippen molar-refractivity contribution in [1.29, 1.82) is 0 Å². The number of hydrogen-bond acceptors (Lipinski definition) is 4. The van der Waals surface area contributed by atoms with E-state index in [1.54, 1.807) is 0 Å². The van der Waals surface area contributed by atoms with E-state index < -0.39 is 46.2 Å². The van der Waals surface area contributed by atoms with Crippen molar-refractivity contribution in [3.8, 4) is 11.5 Å². The molecule has 2 N–H and O–H groups in total. The lowest BCUT2D eigenvalue weighted by Gasteiger charge is -2.26. The van der Waals surface area contributed by atoms with Crippen molar-refractivity contribution in [2.75, 3.05) is 7.11 Å². The van der Waals surface area contributed by atoms with Crippen molar-refractivity contribution in [2.45, 2.75) is 31.9 Å². The van der Waals surface area contributed by atoms with Crippen LogP contribution in [0.15, 0.2) is 54.6 Å². The summed E-state index contributed by atoms with van der Waals surface area (Å²) in [5.41, 5.74) is -2.78. The second kappa shape index (κ2) is 9.01. The quantitative estimate of drug-likeness (QED) is 0.488. The van der Waals surface area contributed by atoms with Gasteiger partial charge in [0.25, 0.3) is 5.91 Å². The van der Waals surface area contributed by atoms with Crippen LogP contribution in [-0.4, -0.2) is 29.6 Å². The highest BCUT2D eigenvalue weighted by Crippen LogP contribution is 2.39. The summed E-state index contributed by atoms with van der Waals surface area (Å²) in [6.45, 7) is 2.79. The predicted octanol–water partition coefficient (Wildman–Crippen LogP) is 5.10. The molecule has 0 aromatic heterocycles. The van der Waals surface area contributed by atoms with Crippen LogP contribution < -0.4 is 14.8 Å². The van der Waals surface area contributed by atoms with Crippen LogP contribution in [0.3, 0.4) is 0 Å². The third-order valence-electron chi connectivity index (χ3n) is 5.41. The van der Waals surface area contributed by atoms with Gasteiger partial charge in [0.2, 0.25) is 0 Å². The van der Waals surface area contributed by atoms with Crippen molar-refractivity contribution in [3.05, 3.63) is 71.5 Å². The van der Waals surface area contributed by atoms with E-state index in [4.69, 9.17) is 9.47 Å². The Morgan fingerprint density at radius 3 is 2.21 bits per heavy atom. The maximum Gasteiger partial charge on any atom is 0.426 e. The van der Waals surface area contributed by atoms with E-state index in [-0.39, 0.29) is 17.2 Å². The van der Waals surface area contributed by atoms with Crippen molar-refractivity contribution >= 4 is 22.6 Å². The zero-order valence-electron chi connectivity index (χ0n) is 18.1. The maximum atomic E-state index is 15.1. The van der Waals surface area contributed by atoms with Gasteiger partial charge < -0.3 is 19.9 Å². The molecule has 3 aromatic rings. The van der Waals surface area contributed by atoms with Crippen molar-refractivity contribution in [2.24, 2.45) is 0 Å². The zero-order chi connectivity index (χ0) is 24.4. The Labute approximate surface area is 187 Å². The molecule has 0 heterocycles. The molecule has 0 bridgehead atoms. The highest BCUT2D eigenvalue weighted by atomic mass is 19.3. The van der Waals surface area contributed by atoms with Crippen LogP contribution in [0.25, 0.3) is 10.8 Å². The van der Waals surface area contributed by atoms with Gasteiger partial charge in [-0.15, -0.1) is 0 Å². The van der Waals surface area contributed by atoms with Gasteiger partial charge in [-0.1, -0.05) is 31.2 Å². The molecule has 0 aliphatic carbocycles. The number of benzene rings is 3. The van der Waals surface area contributed by atoms with Crippen LogP contribution >= 0.6 is 0 Å². The lowest BCUT2D eigenvalue weighted by molar-refractivity contribution is -0.184. The van der Waals surface area contributed by atoms with Crippen LogP contribution in [0.4, 0.5) is 13.2 Å². The van der Waals surface area contributed by atoms with Crippen LogP contribution in [-0.2, 0) is 10.9 Å². The highest BCUT2D eigenvalue weighted by molar-refractivity contribution is 6.05. The van der Waals surface area contributed by atoms with Gasteiger partial charge >= 0.3 is 12.1 Å². The molecule has 9 heteroatoms. The summed E-state index contributed by atoms with van der Waals surface area (Å²) in [7, 11) is 1.39. The van der Waals surface area contributed by atoms with Gasteiger partial charge in [-0.2, -0.15) is 8.78 Å². The molecule has 174 valence electrons. The molecular weight excluding hydrogens is 439 g/mol. The molecule has 1 amide bonds. The molecular formula is C24H22F3NO5. The molecule has 0 fully saturated rings. The Bertz CT molecular complexity index is 1200. The van der Waals surface area contributed by atoms with E-state index in [9.17, 15) is 19.1 Å². The number of carboxylic acid groups (broad SMARTS) is 1. The smallest absolute Gasteiger partial charge is 0.426 e. The number of amides is 1. The summed E-state index contributed by atoms with van der Waals surface area (Å²) < 4.78 is 55.0. The second-order valence-corrected chi connectivity index (χ2v) is 7.57. The minimum absolute atomic E-state index is 0.00232. The van der Waals surface area contributed by atoms with Crippen LogP contribution in [0, 0.1) is 5.82 Å². The normalized spacial score (nSPS) is 13.3. The van der Waals surface area contributed by atoms with E-state index in [0.29, 0.717) is 5.75 Å². The van der Waals surface area contributed by atoms with Crippen molar-refractivity contribution in [3.63, 3.8) is 0 Å². The van der Waals surface area contributed by atoms with E-state index in [1.807, 2.05) is 0 Å². The van der Waals surface area contributed by atoms with Gasteiger partial charge in [0.05, 0.1) is 18.2 Å².